The van der Waals surface area contributed by atoms with E-state index < -0.39 is 11.9 Å². The first-order chi connectivity index (χ1) is 13.0. The van der Waals surface area contributed by atoms with Gasteiger partial charge < -0.3 is 24.9 Å². The van der Waals surface area contributed by atoms with E-state index in [1.807, 2.05) is 12.1 Å². The zero-order valence-electron chi connectivity index (χ0n) is 14.6. The van der Waals surface area contributed by atoms with Crippen molar-refractivity contribution in [1.29, 1.82) is 0 Å². The van der Waals surface area contributed by atoms with Crippen LogP contribution in [0.25, 0.3) is 0 Å². The Morgan fingerprint density at radius 2 is 1.78 bits per heavy atom. The van der Waals surface area contributed by atoms with Gasteiger partial charge >= 0.3 is 5.97 Å². The average Bonchev–Trinajstić information content (AvgIpc) is 3.31. The first kappa shape index (κ1) is 18.5. The average molecular weight is 372 g/mol. The smallest absolute Gasteiger partial charge is 0.371 e. The number of aromatic carboxylic acids is 1. The van der Waals surface area contributed by atoms with Gasteiger partial charge in [-0.25, -0.2) is 4.79 Å². The molecule has 1 aromatic carbocycles. The highest BCUT2D eigenvalue weighted by molar-refractivity contribution is 5.93. The second-order valence-corrected chi connectivity index (χ2v) is 6.25. The number of hydrogen-bond donors (Lipinski definition) is 3. The number of rotatable bonds is 9. The summed E-state index contributed by atoms with van der Waals surface area (Å²) in [4.78, 5) is 34.2. The molecule has 3 rings (SSSR count). The Bertz CT molecular complexity index is 823. The lowest BCUT2D eigenvalue weighted by molar-refractivity contribution is -0.123. The van der Waals surface area contributed by atoms with Crippen LogP contribution in [-0.2, 0) is 11.2 Å². The second kappa shape index (κ2) is 8.39. The van der Waals surface area contributed by atoms with Crippen LogP contribution in [-0.4, -0.2) is 42.1 Å². The largest absolute Gasteiger partial charge is 0.484 e. The van der Waals surface area contributed by atoms with E-state index in [-0.39, 0.29) is 24.0 Å². The minimum Gasteiger partial charge on any atom is -0.484 e. The summed E-state index contributed by atoms with van der Waals surface area (Å²) >= 11 is 0. The molecule has 1 aliphatic carbocycles. The third-order valence-electron chi connectivity index (χ3n) is 3.98. The number of carbonyl (C=O) groups is 3. The molecule has 2 aromatic rings. The van der Waals surface area contributed by atoms with Crippen LogP contribution < -0.4 is 15.4 Å². The van der Waals surface area contributed by atoms with E-state index in [0.29, 0.717) is 24.8 Å². The van der Waals surface area contributed by atoms with E-state index in [1.165, 1.54) is 12.1 Å². The van der Waals surface area contributed by atoms with E-state index in [1.54, 1.807) is 12.1 Å². The van der Waals surface area contributed by atoms with Gasteiger partial charge in [0, 0.05) is 12.6 Å². The molecule has 0 saturated heterocycles. The number of ether oxygens (including phenoxy) is 1. The van der Waals surface area contributed by atoms with Crippen molar-refractivity contribution in [2.75, 3.05) is 13.2 Å². The second-order valence-electron chi connectivity index (χ2n) is 6.25. The summed E-state index contributed by atoms with van der Waals surface area (Å²) in [5.74, 6) is -1.52. The Hall–Kier alpha value is -3.29. The van der Waals surface area contributed by atoms with Crippen LogP contribution >= 0.6 is 0 Å². The van der Waals surface area contributed by atoms with E-state index in [0.717, 1.165) is 18.4 Å². The standard InChI is InChI=1S/C19H20N2O6/c22-17(21-13-3-4-13)11-26-14-5-1-12(2-6-14)9-10-20-18(23)15-7-8-16(27-15)19(24)25/h1-2,5-8,13H,3-4,9-11H2,(H,20,23)(H,21,22)(H,24,25). The lowest BCUT2D eigenvalue weighted by Gasteiger charge is -2.08. The van der Waals surface area contributed by atoms with Gasteiger partial charge in [-0.2, -0.15) is 0 Å². The first-order valence-corrected chi connectivity index (χ1v) is 8.63. The van der Waals surface area contributed by atoms with Crippen LogP contribution in [0.1, 0.15) is 39.5 Å². The number of amides is 2. The van der Waals surface area contributed by atoms with Crippen LogP contribution in [0, 0.1) is 0 Å². The maximum atomic E-state index is 11.9. The van der Waals surface area contributed by atoms with E-state index in [2.05, 4.69) is 10.6 Å². The molecule has 1 aliphatic rings. The highest BCUT2D eigenvalue weighted by atomic mass is 16.5. The Morgan fingerprint density at radius 1 is 1.07 bits per heavy atom. The van der Waals surface area contributed by atoms with Crippen LogP contribution in [0.4, 0.5) is 0 Å². The van der Waals surface area contributed by atoms with E-state index >= 15 is 0 Å². The van der Waals surface area contributed by atoms with Crippen molar-refractivity contribution < 1.29 is 28.6 Å². The molecule has 27 heavy (non-hydrogen) atoms. The fourth-order valence-electron chi connectivity index (χ4n) is 2.38. The number of nitrogens with one attached hydrogen (secondary N) is 2. The topological polar surface area (TPSA) is 118 Å². The van der Waals surface area contributed by atoms with Gasteiger partial charge in [0.1, 0.15) is 5.75 Å². The van der Waals surface area contributed by atoms with Crippen molar-refractivity contribution in [2.45, 2.75) is 25.3 Å². The van der Waals surface area contributed by atoms with Gasteiger partial charge in [0.15, 0.2) is 12.4 Å². The molecular weight excluding hydrogens is 352 g/mol. The number of carbonyl (C=O) groups excluding carboxylic acids is 2. The molecule has 0 radical (unpaired) electrons. The quantitative estimate of drug-likeness (QED) is 0.615. The third kappa shape index (κ3) is 5.60. The van der Waals surface area contributed by atoms with E-state index in [4.69, 9.17) is 14.3 Å². The fourth-order valence-corrected chi connectivity index (χ4v) is 2.38. The third-order valence-corrected chi connectivity index (χ3v) is 3.98. The summed E-state index contributed by atoms with van der Waals surface area (Å²) in [7, 11) is 0. The van der Waals surface area contributed by atoms with Crippen molar-refractivity contribution in [3.63, 3.8) is 0 Å². The van der Waals surface area contributed by atoms with Crippen molar-refractivity contribution in [2.24, 2.45) is 0 Å². The molecular formula is C19H20N2O6. The summed E-state index contributed by atoms with van der Waals surface area (Å²) < 4.78 is 10.4. The summed E-state index contributed by atoms with van der Waals surface area (Å²) in [6, 6.07) is 10.1. The molecule has 0 bridgehead atoms. The molecule has 1 heterocycles. The van der Waals surface area contributed by atoms with Crippen molar-refractivity contribution in [1.82, 2.24) is 10.6 Å². The van der Waals surface area contributed by atoms with Crippen LogP contribution in [0.5, 0.6) is 5.75 Å². The summed E-state index contributed by atoms with van der Waals surface area (Å²) in [6.45, 7) is 0.360. The normalized spacial score (nSPS) is 13.0. The number of benzene rings is 1. The van der Waals surface area contributed by atoms with Crippen LogP contribution in [0.15, 0.2) is 40.8 Å². The SMILES string of the molecule is O=C(COc1ccc(CCNC(=O)c2ccc(C(=O)O)o2)cc1)NC1CC1. The number of hydrogen-bond acceptors (Lipinski definition) is 5. The Morgan fingerprint density at radius 3 is 2.41 bits per heavy atom. The molecule has 0 spiro atoms. The van der Waals surface area contributed by atoms with Crippen molar-refractivity contribution in [3.05, 3.63) is 53.5 Å². The summed E-state index contributed by atoms with van der Waals surface area (Å²) in [5, 5.41) is 14.3. The molecule has 142 valence electrons. The van der Waals surface area contributed by atoms with Gasteiger partial charge in [-0.15, -0.1) is 0 Å². The van der Waals surface area contributed by atoms with Gasteiger partial charge in [-0.1, -0.05) is 12.1 Å². The number of carboxylic acid groups (broad SMARTS) is 1. The fraction of sp³-hybridized carbons (Fsp3) is 0.316. The van der Waals surface area contributed by atoms with Crippen molar-refractivity contribution in [3.8, 4) is 5.75 Å². The summed E-state index contributed by atoms with van der Waals surface area (Å²) in [6.07, 6.45) is 2.66. The van der Waals surface area contributed by atoms with Gasteiger partial charge in [0.25, 0.3) is 11.8 Å². The Balaban J connectivity index is 1.39. The monoisotopic (exact) mass is 372 g/mol. The van der Waals surface area contributed by atoms with Crippen LogP contribution in [0.3, 0.4) is 0 Å². The lowest BCUT2D eigenvalue weighted by atomic mass is 10.1. The molecule has 3 N–H and O–H groups in total. The van der Waals surface area contributed by atoms with Gasteiger partial charge in [0.05, 0.1) is 0 Å². The van der Waals surface area contributed by atoms with E-state index in [9.17, 15) is 14.4 Å². The van der Waals surface area contributed by atoms with Gasteiger partial charge in [-0.3, -0.25) is 9.59 Å². The molecule has 8 nitrogen and oxygen atoms in total. The highest BCUT2D eigenvalue weighted by Crippen LogP contribution is 2.18. The molecule has 1 aromatic heterocycles. The molecule has 0 atom stereocenters. The first-order valence-electron chi connectivity index (χ1n) is 8.63. The minimum atomic E-state index is -1.22. The Labute approximate surface area is 155 Å². The van der Waals surface area contributed by atoms with Crippen LogP contribution in [0.2, 0.25) is 0 Å². The predicted molar refractivity (Wildman–Crippen MR) is 94.8 cm³/mol. The molecule has 8 heteroatoms. The highest BCUT2D eigenvalue weighted by Gasteiger charge is 2.23. The lowest BCUT2D eigenvalue weighted by Crippen LogP contribution is -2.30. The van der Waals surface area contributed by atoms with Gasteiger partial charge in [0.2, 0.25) is 5.76 Å². The maximum absolute atomic E-state index is 11.9. The Kier molecular flexibility index (Phi) is 5.75. The molecule has 1 fully saturated rings. The van der Waals surface area contributed by atoms with Gasteiger partial charge in [-0.05, 0) is 49.1 Å². The molecule has 2 amide bonds. The zero-order valence-corrected chi connectivity index (χ0v) is 14.6. The number of furan rings is 1. The molecule has 0 unspecified atom stereocenters. The molecule has 1 saturated carbocycles. The number of carboxylic acids is 1. The minimum absolute atomic E-state index is 0.00657. The predicted octanol–water partition coefficient (Wildman–Crippen LogP) is 1.61. The van der Waals surface area contributed by atoms with Crippen molar-refractivity contribution >= 4 is 17.8 Å². The zero-order chi connectivity index (χ0) is 19.2. The summed E-state index contributed by atoms with van der Waals surface area (Å²) in [5.41, 5.74) is 0.982. The maximum Gasteiger partial charge on any atom is 0.371 e. The molecule has 0 aliphatic heterocycles.